The number of nitrogens with zero attached hydrogens (tertiary/aromatic N) is 2. The lowest BCUT2D eigenvalue weighted by Crippen LogP contribution is -2.28. The Morgan fingerprint density at radius 3 is 2.23 bits per heavy atom. The van der Waals surface area contributed by atoms with Crippen molar-refractivity contribution in [2.24, 2.45) is 0 Å². The summed E-state index contributed by atoms with van der Waals surface area (Å²) in [6.45, 7) is 0. The van der Waals surface area contributed by atoms with E-state index in [0.29, 0.717) is 10.8 Å². The summed E-state index contributed by atoms with van der Waals surface area (Å²) in [6, 6.07) is 24.5. The summed E-state index contributed by atoms with van der Waals surface area (Å²) in [5.74, 6) is -0.533. The molecule has 0 aliphatic rings. The van der Waals surface area contributed by atoms with Crippen LogP contribution in [-0.2, 0) is 10.0 Å². The molecule has 1 N–H and O–H groups in total. The van der Waals surface area contributed by atoms with Crippen LogP contribution in [0.1, 0.15) is 10.4 Å². The quantitative estimate of drug-likeness (QED) is 0.455. The van der Waals surface area contributed by atoms with Gasteiger partial charge in [-0.1, -0.05) is 60.7 Å². The second-order valence-corrected chi connectivity index (χ2v) is 9.46. The van der Waals surface area contributed by atoms with E-state index in [4.69, 9.17) is 0 Å². The summed E-state index contributed by atoms with van der Waals surface area (Å²) >= 11 is 1.28. The fourth-order valence-electron chi connectivity index (χ4n) is 3.04. The van der Waals surface area contributed by atoms with E-state index in [2.05, 4.69) is 10.3 Å². The van der Waals surface area contributed by atoms with Gasteiger partial charge >= 0.3 is 0 Å². The van der Waals surface area contributed by atoms with E-state index in [1.54, 1.807) is 36.4 Å². The molecule has 3 aromatic carbocycles. The molecule has 8 heteroatoms. The number of benzene rings is 3. The maximum absolute atomic E-state index is 13.2. The van der Waals surface area contributed by atoms with Gasteiger partial charge in [0.05, 0.1) is 16.9 Å². The molecule has 0 aliphatic carbocycles. The number of hydrogen-bond donors (Lipinski definition) is 1. The molecule has 0 fully saturated rings. The Bertz CT molecular complexity index is 1300. The van der Waals surface area contributed by atoms with Gasteiger partial charge in [-0.2, -0.15) is 0 Å². The van der Waals surface area contributed by atoms with Crippen LogP contribution in [0.4, 0.5) is 10.8 Å². The van der Waals surface area contributed by atoms with Crippen molar-refractivity contribution in [2.45, 2.75) is 4.90 Å². The van der Waals surface area contributed by atoms with Crippen LogP contribution in [-0.4, -0.2) is 26.4 Å². The van der Waals surface area contributed by atoms with Crippen LogP contribution >= 0.6 is 11.3 Å². The Hall–Kier alpha value is -3.49. The molecule has 156 valence electrons. The Morgan fingerprint density at radius 1 is 0.903 bits per heavy atom. The van der Waals surface area contributed by atoms with Crippen LogP contribution in [0.5, 0.6) is 0 Å². The van der Waals surface area contributed by atoms with E-state index < -0.39 is 15.9 Å². The number of sulfonamides is 1. The fraction of sp³-hybridized carbons (Fsp3) is 0.0435. The standard InChI is InChI=1S/C23H19N3O3S2/c1-26(18-12-6-3-7-13-18)31(28,29)21-15-9-8-14-19(21)22(27)25-23-24-20(16-30-23)17-10-4-2-5-11-17/h2-16H,1H3,(H,24,25,27). The number of carbonyl (C=O) groups is 1. The van der Waals surface area contributed by atoms with Gasteiger partial charge in [0, 0.05) is 18.0 Å². The summed E-state index contributed by atoms with van der Waals surface area (Å²) in [5, 5.41) is 4.96. The third-order valence-electron chi connectivity index (χ3n) is 4.68. The number of para-hydroxylation sites is 1. The maximum atomic E-state index is 13.2. The number of anilines is 2. The molecule has 0 saturated carbocycles. The third-order valence-corrected chi connectivity index (χ3v) is 7.29. The SMILES string of the molecule is CN(c1ccccc1)S(=O)(=O)c1ccccc1C(=O)Nc1nc(-c2ccccc2)cs1. The zero-order valence-corrected chi connectivity index (χ0v) is 18.2. The summed E-state index contributed by atoms with van der Waals surface area (Å²) in [5.41, 5.74) is 2.24. The molecule has 1 heterocycles. The van der Waals surface area contributed by atoms with E-state index in [9.17, 15) is 13.2 Å². The summed E-state index contributed by atoms with van der Waals surface area (Å²) in [4.78, 5) is 17.3. The molecule has 0 bridgehead atoms. The molecule has 1 aromatic heterocycles. The number of thiazole rings is 1. The van der Waals surface area contributed by atoms with Crippen molar-refractivity contribution in [2.75, 3.05) is 16.7 Å². The topological polar surface area (TPSA) is 79.4 Å². The molecule has 1 amide bonds. The number of aromatic nitrogens is 1. The van der Waals surface area contributed by atoms with Gasteiger partial charge in [0.15, 0.2) is 5.13 Å². The van der Waals surface area contributed by atoms with Gasteiger partial charge < -0.3 is 0 Å². The van der Waals surface area contributed by atoms with Crippen LogP contribution in [0.25, 0.3) is 11.3 Å². The molecule has 0 atom stereocenters. The molecule has 4 aromatic rings. The monoisotopic (exact) mass is 449 g/mol. The van der Waals surface area contributed by atoms with Crippen LogP contribution in [0.2, 0.25) is 0 Å². The molecular formula is C23H19N3O3S2. The first kappa shape index (κ1) is 20.8. The van der Waals surface area contributed by atoms with Crippen molar-refractivity contribution in [3.8, 4) is 11.3 Å². The van der Waals surface area contributed by atoms with Crippen LogP contribution in [0.15, 0.2) is 95.2 Å². The summed E-state index contributed by atoms with van der Waals surface area (Å²) < 4.78 is 27.6. The number of carbonyl (C=O) groups excluding carboxylic acids is 1. The molecule has 4 rings (SSSR count). The van der Waals surface area contributed by atoms with Crippen molar-refractivity contribution in [3.63, 3.8) is 0 Å². The Balaban J connectivity index is 1.61. The molecule has 0 aliphatic heterocycles. The number of rotatable bonds is 6. The van der Waals surface area contributed by atoms with Gasteiger partial charge in [0.1, 0.15) is 4.90 Å². The van der Waals surface area contributed by atoms with Crippen molar-refractivity contribution in [3.05, 3.63) is 95.9 Å². The number of hydrogen-bond acceptors (Lipinski definition) is 5. The molecule has 0 unspecified atom stereocenters. The average molecular weight is 450 g/mol. The molecule has 0 saturated heterocycles. The zero-order chi connectivity index (χ0) is 21.8. The molecular weight excluding hydrogens is 430 g/mol. The van der Waals surface area contributed by atoms with Gasteiger partial charge in [-0.05, 0) is 24.3 Å². The smallest absolute Gasteiger partial charge is 0.264 e. The second-order valence-electron chi connectivity index (χ2n) is 6.66. The second kappa shape index (κ2) is 8.71. The minimum absolute atomic E-state index is 0.0572. The van der Waals surface area contributed by atoms with Gasteiger partial charge in [-0.25, -0.2) is 13.4 Å². The molecule has 0 radical (unpaired) electrons. The maximum Gasteiger partial charge on any atom is 0.264 e. The highest BCUT2D eigenvalue weighted by Crippen LogP contribution is 2.27. The Morgan fingerprint density at radius 2 is 1.52 bits per heavy atom. The Kier molecular flexibility index (Phi) is 5.83. The van der Waals surface area contributed by atoms with Crippen molar-refractivity contribution >= 4 is 38.1 Å². The van der Waals surface area contributed by atoms with Gasteiger partial charge in [-0.3, -0.25) is 14.4 Å². The highest BCUT2D eigenvalue weighted by Gasteiger charge is 2.27. The largest absolute Gasteiger partial charge is 0.298 e. The van der Waals surface area contributed by atoms with Crippen molar-refractivity contribution < 1.29 is 13.2 Å². The molecule has 31 heavy (non-hydrogen) atoms. The highest BCUT2D eigenvalue weighted by atomic mass is 32.2. The first-order valence-electron chi connectivity index (χ1n) is 9.42. The van der Waals surface area contributed by atoms with Crippen LogP contribution in [0.3, 0.4) is 0 Å². The summed E-state index contributed by atoms with van der Waals surface area (Å²) in [7, 11) is -2.48. The molecule has 6 nitrogen and oxygen atoms in total. The van der Waals surface area contributed by atoms with E-state index in [1.807, 2.05) is 41.8 Å². The van der Waals surface area contributed by atoms with Crippen molar-refractivity contribution in [1.82, 2.24) is 4.98 Å². The zero-order valence-electron chi connectivity index (χ0n) is 16.6. The van der Waals surface area contributed by atoms with Crippen LogP contribution in [0, 0.1) is 0 Å². The normalized spacial score (nSPS) is 11.1. The van der Waals surface area contributed by atoms with Gasteiger partial charge in [0.25, 0.3) is 15.9 Å². The van der Waals surface area contributed by atoms with E-state index in [1.165, 1.54) is 30.5 Å². The fourth-order valence-corrected chi connectivity index (χ4v) is 5.14. The van der Waals surface area contributed by atoms with E-state index in [0.717, 1.165) is 15.6 Å². The van der Waals surface area contributed by atoms with E-state index >= 15 is 0 Å². The lowest BCUT2D eigenvalue weighted by molar-refractivity contribution is 0.102. The third kappa shape index (κ3) is 4.35. The lowest BCUT2D eigenvalue weighted by atomic mass is 10.2. The minimum atomic E-state index is -3.94. The Labute approximate surface area is 184 Å². The predicted octanol–water partition coefficient (Wildman–Crippen LogP) is 4.89. The summed E-state index contributed by atoms with van der Waals surface area (Å²) in [6.07, 6.45) is 0. The average Bonchev–Trinajstić information content (AvgIpc) is 3.28. The van der Waals surface area contributed by atoms with Gasteiger partial charge in [-0.15, -0.1) is 11.3 Å². The van der Waals surface area contributed by atoms with Crippen molar-refractivity contribution in [1.29, 1.82) is 0 Å². The van der Waals surface area contributed by atoms with E-state index in [-0.39, 0.29) is 10.5 Å². The lowest BCUT2D eigenvalue weighted by Gasteiger charge is -2.21. The minimum Gasteiger partial charge on any atom is -0.298 e. The predicted molar refractivity (Wildman–Crippen MR) is 124 cm³/mol. The van der Waals surface area contributed by atoms with Crippen LogP contribution < -0.4 is 9.62 Å². The number of nitrogens with one attached hydrogen (secondary N) is 1. The number of amides is 1. The first-order valence-corrected chi connectivity index (χ1v) is 11.7. The first-order chi connectivity index (χ1) is 15.0. The van der Waals surface area contributed by atoms with Gasteiger partial charge in [0.2, 0.25) is 0 Å². The molecule has 0 spiro atoms. The highest BCUT2D eigenvalue weighted by molar-refractivity contribution is 7.92.